The van der Waals surface area contributed by atoms with Gasteiger partial charge in [0.2, 0.25) is 0 Å². The maximum atomic E-state index is 13.0. The third-order valence-electron chi connectivity index (χ3n) is 3.86. The van der Waals surface area contributed by atoms with Crippen molar-refractivity contribution in [2.45, 2.75) is 20.8 Å². The largest absolute Gasteiger partial charge is 0.321 e. The Kier molecular flexibility index (Phi) is 4.44. The average Bonchev–Trinajstić information content (AvgIpc) is 2.93. The molecular formula is C19H17FN2OS. The van der Waals surface area contributed by atoms with Gasteiger partial charge in [0.25, 0.3) is 5.91 Å². The summed E-state index contributed by atoms with van der Waals surface area (Å²) in [5.74, 6) is -0.471. The SMILES string of the molecule is Cc1ccc(NC(=O)c2sc(-c3ccc(F)cc3)nc2C)cc1C. The van der Waals surface area contributed by atoms with Gasteiger partial charge in [0.05, 0.1) is 5.69 Å². The number of carbonyl (C=O) groups excluding carboxylic acids is 1. The summed E-state index contributed by atoms with van der Waals surface area (Å²) in [6.07, 6.45) is 0. The molecule has 24 heavy (non-hydrogen) atoms. The number of thiazole rings is 1. The molecule has 3 rings (SSSR count). The summed E-state index contributed by atoms with van der Waals surface area (Å²) in [4.78, 5) is 17.5. The minimum Gasteiger partial charge on any atom is -0.321 e. The van der Waals surface area contributed by atoms with Gasteiger partial charge in [-0.3, -0.25) is 4.79 Å². The molecule has 0 aliphatic heterocycles. The van der Waals surface area contributed by atoms with E-state index in [1.807, 2.05) is 32.0 Å². The monoisotopic (exact) mass is 340 g/mol. The van der Waals surface area contributed by atoms with Crippen LogP contribution in [0.15, 0.2) is 42.5 Å². The minimum atomic E-state index is -0.292. The fourth-order valence-electron chi connectivity index (χ4n) is 2.33. The maximum Gasteiger partial charge on any atom is 0.267 e. The Bertz CT molecular complexity index is 900. The molecule has 0 saturated heterocycles. The lowest BCUT2D eigenvalue weighted by Gasteiger charge is -2.06. The lowest BCUT2D eigenvalue weighted by Crippen LogP contribution is -2.11. The fraction of sp³-hybridized carbons (Fsp3) is 0.158. The van der Waals surface area contributed by atoms with E-state index in [-0.39, 0.29) is 11.7 Å². The lowest BCUT2D eigenvalue weighted by molar-refractivity contribution is 0.103. The second-order valence-electron chi connectivity index (χ2n) is 5.69. The second-order valence-corrected chi connectivity index (χ2v) is 6.69. The molecule has 0 bridgehead atoms. The van der Waals surface area contributed by atoms with Gasteiger partial charge in [-0.05, 0) is 68.3 Å². The molecular weight excluding hydrogens is 323 g/mol. The van der Waals surface area contributed by atoms with E-state index in [1.54, 1.807) is 19.1 Å². The number of anilines is 1. The summed E-state index contributed by atoms with van der Waals surface area (Å²) in [6.45, 7) is 5.84. The molecule has 0 spiro atoms. The number of aromatic nitrogens is 1. The molecule has 0 fully saturated rings. The van der Waals surface area contributed by atoms with E-state index in [9.17, 15) is 9.18 Å². The molecule has 2 aromatic carbocycles. The summed E-state index contributed by atoms with van der Waals surface area (Å²) >= 11 is 1.31. The highest BCUT2D eigenvalue weighted by Crippen LogP contribution is 2.28. The van der Waals surface area contributed by atoms with Gasteiger partial charge in [-0.25, -0.2) is 9.37 Å². The third kappa shape index (κ3) is 3.36. The van der Waals surface area contributed by atoms with Crippen LogP contribution >= 0.6 is 11.3 Å². The highest BCUT2D eigenvalue weighted by molar-refractivity contribution is 7.17. The van der Waals surface area contributed by atoms with Gasteiger partial charge in [-0.2, -0.15) is 0 Å². The van der Waals surface area contributed by atoms with Crippen LogP contribution in [0.4, 0.5) is 10.1 Å². The molecule has 0 saturated carbocycles. The van der Waals surface area contributed by atoms with Gasteiger partial charge in [0.15, 0.2) is 0 Å². The van der Waals surface area contributed by atoms with Gasteiger partial charge in [-0.15, -0.1) is 11.3 Å². The summed E-state index contributed by atoms with van der Waals surface area (Å²) in [5.41, 5.74) is 4.54. The maximum absolute atomic E-state index is 13.0. The first-order chi connectivity index (χ1) is 11.4. The van der Waals surface area contributed by atoms with Crippen molar-refractivity contribution in [2.75, 3.05) is 5.32 Å². The predicted octanol–water partition coefficient (Wildman–Crippen LogP) is 5.13. The van der Waals surface area contributed by atoms with Crippen LogP contribution in [0, 0.1) is 26.6 Å². The number of hydrogen-bond donors (Lipinski definition) is 1. The molecule has 122 valence electrons. The van der Waals surface area contributed by atoms with Crippen LogP contribution in [0.5, 0.6) is 0 Å². The van der Waals surface area contributed by atoms with Crippen LogP contribution in [0.1, 0.15) is 26.5 Å². The minimum absolute atomic E-state index is 0.179. The number of rotatable bonds is 3. The zero-order valence-corrected chi connectivity index (χ0v) is 14.5. The number of benzene rings is 2. The van der Waals surface area contributed by atoms with Gasteiger partial charge < -0.3 is 5.32 Å². The highest BCUT2D eigenvalue weighted by Gasteiger charge is 2.16. The first kappa shape index (κ1) is 16.3. The van der Waals surface area contributed by atoms with E-state index in [4.69, 9.17) is 0 Å². The first-order valence-corrected chi connectivity index (χ1v) is 8.37. The topological polar surface area (TPSA) is 42.0 Å². The third-order valence-corrected chi connectivity index (χ3v) is 5.06. The molecule has 1 heterocycles. The number of nitrogens with zero attached hydrogens (tertiary/aromatic N) is 1. The van der Waals surface area contributed by atoms with E-state index < -0.39 is 0 Å². The quantitative estimate of drug-likeness (QED) is 0.718. The summed E-state index contributed by atoms with van der Waals surface area (Å²) < 4.78 is 13.0. The van der Waals surface area contributed by atoms with Crippen molar-refractivity contribution in [2.24, 2.45) is 0 Å². The van der Waals surface area contributed by atoms with E-state index >= 15 is 0 Å². The molecule has 3 aromatic rings. The van der Waals surface area contributed by atoms with Crippen LogP contribution in [0.25, 0.3) is 10.6 Å². The number of nitrogens with one attached hydrogen (secondary N) is 1. The molecule has 1 aromatic heterocycles. The number of aryl methyl sites for hydroxylation is 3. The van der Waals surface area contributed by atoms with Crippen molar-refractivity contribution in [3.63, 3.8) is 0 Å². The van der Waals surface area contributed by atoms with Crippen LogP contribution in [-0.4, -0.2) is 10.9 Å². The summed E-state index contributed by atoms with van der Waals surface area (Å²) in [7, 11) is 0. The Morgan fingerprint density at radius 1 is 1.04 bits per heavy atom. The molecule has 0 atom stereocenters. The van der Waals surface area contributed by atoms with Crippen LogP contribution in [0.2, 0.25) is 0 Å². The first-order valence-electron chi connectivity index (χ1n) is 7.56. The van der Waals surface area contributed by atoms with Crippen molar-refractivity contribution in [1.29, 1.82) is 0 Å². The van der Waals surface area contributed by atoms with E-state index in [1.165, 1.54) is 29.0 Å². The number of carbonyl (C=O) groups is 1. The molecule has 1 amide bonds. The van der Waals surface area contributed by atoms with Crippen molar-refractivity contribution in [3.8, 4) is 10.6 Å². The molecule has 5 heteroatoms. The van der Waals surface area contributed by atoms with Crippen molar-refractivity contribution in [3.05, 3.63) is 70.0 Å². The van der Waals surface area contributed by atoms with Crippen molar-refractivity contribution in [1.82, 2.24) is 4.98 Å². The zero-order chi connectivity index (χ0) is 17.3. The zero-order valence-electron chi connectivity index (χ0n) is 13.7. The smallest absolute Gasteiger partial charge is 0.267 e. The fourth-order valence-corrected chi connectivity index (χ4v) is 3.30. The Balaban J connectivity index is 1.85. The molecule has 3 nitrogen and oxygen atoms in total. The number of amides is 1. The number of halogens is 1. The lowest BCUT2D eigenvalue weighted by atomic mass is 10.1. The van der Waals surface area contributed by atoms with E-state index in [0.717, 1.165) is 16.8 Å². The standard InChI is InChI=1S/C19H17FN2OS/c1-11-4-9-16(10-12(11)2)22-18(23)17-13(3)21-19(24-17)14-5-7-15(20)8-6-14/h4-10H,1-3H3,(H,22,23). The van der Waals surface area contributed by atoms with Crippen LogP contribution in [-0.2, 0) is 0 Å². The molecule has 1 N–H and O–H groups in total. The number of hydrogen-bond acceptors (Lipinski definition) is 3. The molecule has 0 radical (unpaired) electrons. The Morgan fingerprint density at radius 2 is 1.75 bits per heavy atom. The summed E-state index contributed by atoms with van der Waals surface area (Å²) in [5, 5.41) is 3.62. The van der Waals surface area contributed by atoms with Gasteiger partial charge in [0.1, 0.15) is 15.7 Å². The highest BCUT2D eigenvalue weighted by atomic mass is 32.1. The Morgan fingerprint density at radius 3 is 2.42 bits per heavy atom. The Labute approximate surface area is 144 Å². The molecule has 0 aliphatic rings. The van der Waals surface area contributed by atoms with Crippen LogP contribution in [0.3, 0.4) is 0 Å². The van der Waals surface area contributed by atoms with Gasteiger partial charge in [-0.1, -0.05) is 6.07 Å². The predicted molar refractivity (Wildman–Crippen MR) is 96.1 cm³/mol. The van der Waals surface area contributed by atoms with Crippen molar-refractivity contribution >= 4 is 22.9 Å². The summed E-state index contributed by atoms with van der Waals surface area (Å²) in [6, 6.07) is 11.9. The second kappa shape index (κ2) is 6.53. The van der Waals surface area contributed by atoms with E-state index in [0.29, 0.717) is 15.6 Å². The Hall–Kier alpha value is -2.53. The molecule has 0 aliphatic carbocycles. The molecule has 0 unspecified atom stereocenters. The van der Waals surface area contributed by atoms with Crippen LogP contribution < -0.4 is 5.32 Å². The average molecular weight is 340 g/mol. The normalized spacial score (nSPS) is 10.7. The van der Waals surface area contributed by atoms with Crippen molar-refractivity contribution < 1.29 is 9.18 Å². The van der Waals surface area contributed by atoms with E-state index in [2.05, 4.69) is 10.3 Å². The van der Waals surface area contributed by atoms with Gasteiger partial charge >= 0.3 is 0 Å². The van der Waals surface area contributed by atoms with Gasteiger partial charge in [0, 0.05) is 11.3 Å².